The first-order chi connectivity index (χ1) is 9.11. The maximum absolute atomic E-state index is 11.3. The summed E-state index contributed by atoms with van der Waals surface area (Å²) >= 11 is 0. The maximum atomic E-state index is 11.3. The molecule has 0 amide bonds. The van der Waals surface area contributed by atoms with E-state index in [4.69, 9.17) is 0 Å². The molecule has 0 saturated heterocycles. The fourth-order valence-corrected chi connectivity index (χ4v) is 1.74. The predicted octanol–water partition coefficient (Wildman–Crippen LogP) is 0.694. The van der Waals surface area contributed by atoms with E-state index in [1.807, 2.05) is 4.90 Å². The Morgan fingerprint density at radius 1 is 1.47 bits per heavy atom. The first-order valence-electron chi connectivity index (χ1n) is 5.60. The molecule has 0 N–H and O–H groups in total. The van der Waals surface area contributed by atoms with Crippen LogP contribution in [0.25, 0.3) is 0 Å². The van der Waals surface area contributed by atoms with Gasteiger partial charge < -0.3 is 9.64 Å². The van der Waals surface area contributed by atoms with Crippen molar-refractivity contribution >= 4 is 17.6 Å². The lowest BCUT2D eigenvalue weighted by molar-refractivity contribution is -0.385. The van der Waals surface area contributed by atoms with E-state index in [-0.39, 0.29) is 11.7 Å². The highest BCUT2D eigenvalue weighted by atomic mass is 16.6. The largest absolute Gasteiger partial charge is 0.466 e. The van der Waals surface area contributed by atoms with Gasteiger partial charge in [0.15, 0.2) is 0 Å². The van der Waals surface area contributed by atoms with Gasteiger partial charge >= 0.3 is 11.7 Å². The summed E-state index contributed by atoms with van der Waals surface area (Å²) in [5.41, 5.74) is 0.479. The van der Waals surface area contributed by atoms with E-state index in [0.717, 1.165) is 0 Å². The summed E-state index contributed by atoms with van der Waals surface area (Å²) in [4.78, 5) is 31.0. The normalized spacial score (nSPS) is 14.8. The minimum absolute atomic E-state index is 0.147. The monoisotopic (exact) mass is 264 g/mol. The Kier molecular flexibility index (Phi) is 3.69. The molecule has 0 spiro atoms. The van der Waals surface area contributed by atoms with Gasteiger partial charge in [0.05, 0.1) is 12.0 Å². The highest BCUT2D eigenvalue weighted by molar-refractivity contribution is 5.88. The number of anilines is 1. The number of nitrogens with zero attached hydrogens (tertiary/aromatic N) is 4. The summed E-state index contributed by atoms with van der Waals surface area (Å²) in [7, 11) is 1.34. The predicted molar refractivity (Wildman–Crippen MR) is 65.6 cm³/mol. The molecule has 2 heterocycles. The van der Waals surface area contributed by atoms with Crippen molar-refractivity contribution in [3.63, 3.8) is 0 Å². The Labute approximate surface area is 108 Å². The zero-order valence-electron chi connectivity index (χ0n) is 10.3. The fourth-order valence-electron chi connectivity index (χ4n) is 1.74. The Bertz CT molecular complexity index is 526. The minimum Gasteiger partial charge on any atom is -0.466 e. The van der Waals surface area contributed by atoms with Crippen molar-refractivity contribution in [2.75, 3.05) is 25.1 Å². The van der Waals surface area contributed by atoms with Crippen LogP contribution in [0, 0.1) is 10.1 Å². The van der Waals surface area contributed by atoms with Crippen molar-refractivity contribution in [1.82, 2.24) is 9.97 Å². The zero-order chi connectivity index (χ0) is 13.8. The molecule has 0 radical (unpaired) electrons. The molecular weight excluding hydrogens is 252 g/mol. The van der Waals surface area contributed by atoms with Crippen LogP contribution in [0.3, 0.4) is 0 Å². The van der Waals surface area contributed by atoms with Gasteiger partial charge in [-0.05, 0) is 6.42 Å². The molecule has 1 aromatic heterocycles. The van der Waals surface area contributed by atoms with Gasteiger partial charge in [0.25, 0.3) is 0 Å². The summed E-state index contributed by atoms with van der Waals surface area (Å²) in [6.07, 6.45) is 4.62. The van der Waals surface area contributed by atoms with Gasteiger partial charge in [-0.3, -0.25) is 10.1 Å². The summed E-state index contributed by atoms with van der Waals surface area (Å²) in [6, 6.07) is 0. The van der Waals surface area contributed by atoms with Crippen LogP contribution in [0.4, 0.5) is 11.6 Å². The van der Waals surface area contributed by atoms with Crippen LogP contribution in [0.1, 0.15) is 6.42 Å². The number of carbonyl (C=O) groups excluding carboxylic acids is 1. The van der Waals surface area contributed by atoms with Gasteiger partial charge in [0.1, 0.15) is 12.4 Å². The van der Waals surface area contributed by atoms with Gasteiger partial charge in [-0.15, -0.1) is 0 Å². The van der Waals surface area contributed by atoms with Gasteiger partial charge in [-0.1, -0.05) is 6.08 Å². The van der Waals surface area contributed by atoms with E-state index in [1.165, 1.54) is 19.5 Å². The average molecular weight is 264 g/mol. The fraction of sp³-hybridized carbons (Fsp3) is 0.364. The van der Waals surface area contributed by atoms with Crippen LogP contribution in [-0.2, 0) is 9.53 Å². The third kappa shape index (κ3) is 2.84. The number of rotatable bonds is 3. The SMILES string of the molecule is COC(=O)C1=CCN(c2ncc([N+](=O)[O-])cn2)CC1. The average Bonchev–Trinajstić information content (AvgIpc) is 2.46. The highest BCUT2D eigenvalue weighted by Crippen LogP contribution is 2.17. The molecule has 0 aliphatic carbocycles. The molecule has 1 aliphatic rings. The Morgan fingerprint density at radius 3 is 2.63 bits per heavy atom. The first-order valence-corrected chi connectivity index (χ1v) is 5.60. The number of hydrogen-bond acceptors (Lipinski definition) is 7. The summed E-state index contributed by atoms with van der Waals surface area (Å²) in [6.45, 7) is 1.04. The Hall–Kier alpha value is -2.51. The Balaban J connectivity index is 2.07. The van der Waals surface area contributed by atoms with Crippen LogP contribution < -0.4 is 4.90 Å². The van der Waals surface area contributed by atoms with Crippen LogP contribution >= 0.6 is 0 Å². The molecule has 8 heteroatoms. The summed E-state index contributed by atoms with van der Waals surface area (Å²) in [5, 5.41) is 10.5. The van der Waals surface area contributed by atoms with E-state index >= 15 is 0 Å². The number of aromatic nitrogens is 2. The molecule has 0 fully saturated rings. The molecule has 0 bridgehead atoms. The van der Waals surface area contributed by atoms with Crippen molar-refractivity contribution in [2.45, 2.75) is 6.42 Å². The van der Waals surface area contributed by atoms with Crippen molar-refractivity contribution in [2.24, 2.45) is 0 Å². The van der Waals surface area contributed by atoms with Gasteiger partial charge in [-0.2, -0.15) is 0 Å². The van der Waals surface area contributed by atoms with E-state index in [1.54, 1.807) is 6.08 Å². The summed E-state index contributed by atoms with van der Waals surface area (Å²) in [5.74, 6) is 0.0787. The van der Waals surface area contributed by atoms with E-state index < -0.39 is 4.92 Å². The van der Waals surface area contributed by atoms with Gasteiger partial charge in [0, 0.05) is 18.7 Å². The third-order valence-corrected chi connectivity index (χ3v) is 2.77. The molecule has 0 aromatic carbocycles. The first kappa shape index (κ1) is 12.9. The smallest absolute Gasteiger partial charge is 0.333 e. The van der Waals surface area contributed by atoms with Crippen molar-refractivity contribution in [3.05, 3.63) is 34.2 Å². The number of carbonyl (C=O) groups is 1. The molecule has 0 saturated carbocycles. The molecular formula is C11H12N4O4. The topological polar surface area (TPSA) is 98.5 Å². The van der Waals surface area contributed by atoms with Crippen molar-refractivity contribution in [1.29, 1.82) is 0 Å². The van der Waals surface area contributed by atoms with Crippen LogP contribution in [0.15, 0.2) is 24.0 Å². The number of nitro groups is 1. The number of hydrogen-bond donors (Lipinski definition) is 0. The van der Waals surface area contributed by atoms with E-state index in [2.05, 4.69) is 14.7 Å². The maximum Gasteiger partial charge on any atom is 0.333 e. The molecule has 1 aromatic rings. The van der Waals surface area contributed by atoms with Gasteiger partial charge in [-0.25, -0.2) is 14.8 Å². The molecule has 1 aliphatic heterocycles. The zero-order valence-corrected chi connectivity index (χ0v) is 10.3. The quantitative estimate of drug-likeness (QED) is 0.450. The number of esters is 1. The number of ether oxygens (including phenoxy) is 1. The molecule has 2 rings (SSSR count). The molecule has 19 heavy (non-hydrogen) atoms. The van der Waals surface area contributed by atoms with E-state index in [0.29, 0.717) is 31.0 Å². The number of methoxy groups -OCH3 is 1. The minimum atomic E-state index is -0.546. The third-order valence-electron chi connectivity index (χ3n) is 2.77. The molecule has 8 nitrogen and oxygen atoms in total. The van der Waals surface area contributed by atoms with Crippen molar-refractivity contribution < 1.29 is 14.5 Å². The molecule has 100 valence electrons. The van der Waals surface area contributed by atoms with Crippen molar-refractivity contribution in [3.8, 4) is 0 Å². The second-order valence-electron chi connectivity index (χ2n) is 3.92. The van der Waals surface area contributed by atoms with Gasteiger partial charge in [0.2, 0.25) is 5.95 Å². The standard InChI is InChI=1S/C11H12N4O4/c1-19-10(16)8-2-4-14(5-3-8)11-12-6-9(7-13-11)15(17)18/h2,6-7H,3-5H2,1H3. The lowest BCUT2D eigenvalue weighted by Crippen LogP contribution is -2.31. The molecule has 0 atom stereocenters. The highest BCUT2D eigenvalue weighted by Gasteiger charge is 2.19. The lowest BCUT2D eigenvalue weighted by Gasteiger charge is -2.25. The summed E-state index contributed by atoms with van der Waals surface area (Å²) < 4.78 is 4.64. The van der Waals surface area contributed by atoms with Crippen LogP contribution in [0.2, 0.25) is 0 Å². The second-order valence-corrected chi connectivity index (χ2v) is 3.92. The van der Waals surface area contributed by atoms with Crippen LogP contribution in [-0.4, -0.2) is 41.1 Å². The Morgan fingerprint density at radius 2 is 2.16 bits per heavy atom. The lowest BCUT2D eigenvalue weighted by atomic mass is 10.1. The van der Waals surface area contributed by atoms with Crippen LogP contribution in [0.5, 0.6) is 0 Å². The molecule has 0 unspecified atom stereocenters. The van der Waals surface area contributed by atoms with E-state index in [9.17, 15) is 14.9 Å². The second kappa shape index (κ2) is 5.42.